The molecule has 0 bridgehead atoms. The number of ether oxygens (including phenoxy) is 2. The number of methoxy groups -OCH3 is 1. The molecule has 2 aliphatic rings. The molecular weight excluding hydrogens is 336 g/mol. The van der Waals surface area contributed by atoms with Crippen molar-refractivity contribution in [3.05, 3.63) is 48.5 Å². The van der Waals surface area contributed by atoms with Crippen molar-refractivity contribution in [3.63, 3.8) is 0 Å². The van der Waals surface area contributed by atoms with Gasteiger partial charge in [-0.1, -0.05) is 24.3 Å². The Balaban J connectivity index is 1.38. The fourth-order valence-corrected chi connectivity index (χ4v) is 4.19. The van der Waals surface area contributed by atoms with E-state index in [0.717, 1.165) is 32.1 Å². The zero-order valence-electron chi connectivity index (χ0n) is 16.2. The highest BCUT2D eigenvalue weighted by Gasteiger charge is 2.23. The number of benzene rings is 2. The van der Waals surface area contributed by atoms with Gasteiger partial charge in [0.15, 0.2) is 0 Å². The Bertz CT molecular complexity index is 735. The molecule has 27 heavy (non-hydrogen) atoms. The molecule has 0 aliphatic carbocycles. The monoisotopic (exact) mass is 366 g/mol. The SMILES string of the molecule is COc1cccc(-c2cccc(N3CCC(N[C@H]4CCCOC4)CC3)c2)c1. The molecule has 144 valence electrons. The van der Waals surface area contributed by atoms with E-state index in [1.807, 2.05) is 12.1 Å². The van der Waals surface area contributed by atoms with Crippen LogP contribution in [-0.4, -0.2) is 45.5 Å². The first-order valence-corrected chi connectivity index (χ1v) is 10.1. The molecule has 0 aromatic heterocycles. The van der Waals surface area contributed by atoms with E-state index >= 15 is 0 Å². The molecule has 2 aromatic carbocycles. The van der Waals surface area contributed by atoms with Crippen LogP contribution in [0, 0.1) is 0 Å². The molecule has 4 rings (SSSR count). The first kappa shape index (κ1) is 18.3. The molecule has 2 saturated heterocycles. The lowest BCUT2D eigenvalue weighted by Gasteiger charge is -2.36. The molecule has 0 spiro atoms. The number of piperidine rings is 1. The van der Waals surface area contributed by atoms with Crippen LogP contribution in [0.25, 0.3) is 11.1 Å². The highest BCUT2D eigenvalue weighted by molar-refractivity contribution is 5.69. The molecular formula is C23H30N2O2. The molecule has 2 aromatic rings. The molecule has 0 saturated carbocycles. The maximum absolute atomic E-state index is 5.60. The lowest BCUT2D eigenvalue weighted by atomic mass is 10.00. The summed E-state index contributed by atoms with van der Waals surface area (Å²) >= 11 is 0. The smallest absolute Gasteiger partial charge is 0.119 e. The van der Waals surface area contributed by atoms with Crippen LogP contribution in [0.15, 0.2) is 48.5 Å². The van der Waals surface area contributed by atoms with Crippen LogP contribution in [0.4, 0.5) is 5.69 Å². The predicted molar refractivity (Wildman–Crippen MR) is 111 cm³/mol. The van der Waals surface area contributed by atoms with E-state index in [4.69, 9.17) is 9.47 Å². The highest BCUT2D eigenvalue weighted by atomic mass is 16.5. The minimum atomic E-state index is 0.548. The first-order chi connectivity index (χ1) is 13.3. The van der Waals surface area contributed by atoms with Gasteiger partial charge in [0.05, 0.1) is 13.7 Å². The van der Waals surface area contributed by atoms with E-state index in [2.05, 4.69) is 46.6 Å². The Morgan fingerprint density at radius 2 is 1.74 bits per heavy atom. The van der Waals surface area contributed by atoms with Crippen LogP contribution >= 0.6 is 0 Å². The van der Waals surface area contributed by atoms with E-state index in [1.54, 1.807) is 7.11 Å². The van der Waals surface area contributed by atoms with Gasteiger partial charge in [-0.3, -0.25) is 0 Å². The Hall–Kier alpha value is -2.04. The normalized spacial score (nSPS) is 21.2. The standard InChI is InChI=1S/C23H30N2O2/c1-26-23-9-3-6-19(16-23)18-5-2-8-22(15-18)25-12-10-20(11-13-25)24-21-7-4-14-27-17-21/h2-3,5-6,8-9,15-16,20-21,24H,4,7,10-14,17H2,1H3/t21-/m0/s1. The molecule has 1 N–H and O–H groups in total. The second-order valence-corrected chi connectivity index (χ2v) is 7.62. The number of rotatable bonds is 5. The average molecular weight is 367 g/mol. The summed E-state index contributed by atoms with van der Waals surface area (Å²) < 4.78 is 11.0. The number of nitrogens with one attached hydrogen (secondary N) is 1. The summed E-state index contributed by atoms with van der Waals surface area (Å²) in [7, 11) is 1.72. The van der Waals surface area contributed by atoms with Crippen LogP contribution < -0.4 is 15.0 Å². The quantitative estimate of drug-likeness (QED) is 0.864. The third kappa shape index (κ3) is 4.63. The lowest BCUT2D eigenvalue weighted by molar-refractivity contribution is 0.0650. The van der Waals surface area contributed by atoms with Crippen molar-refractivity contribution in [2.24, 2.45) is 0 Å². The van der Waals surface area contributed by atoms with Gasteiger partial charge in [-0.05, 0) is 61.1 Å². The molecule has 2 fully saturated rings. The van der Waals surface area contributed by atoms with Crippen LogP contribution in [-0.2, 0) is 4.74 Å². The number of nitrogens with zero attached hydrogens (tertiary/aromatic N) is 1. The Labute approximate surface area is 162 Å². The summed E-state index contributed by atoms with van der Waals surface area (Å²) in [6.07, 6.45) is 4.83. The summed E-state index contributed by atoms with van der Waals surface area (Å²) in [6, 6.07) is 18.3. The molecule has 1 atom stereocenters. The van der Waals surface area contributed by atoms with Gasteiger partial charge in [0, 0.05) is 37.5 Å². The van der Waals surface area contributed by atoms with Gasteiger partial charge in [0.2, 0.25) is 0 Å². The minimum absolute atomic E-state index is 0.548. The number of hydrogen-bond donors (Lipinski definition) is 1. The molecule has 2 heterocycles. The van der Waals surface area contributed by atoms with Gasteiger partial charge in [-0.2, -0.15) is 0 Å². The molecule has 0 radical (unpaired) electrons. The third-order valence-corrected chi connectivity index (χ3v) is 5.74. The second-order valence-electron chi connectivity index (χ2n) is 7.62. The van der Waals surface area contributed by atoms with E-state index < -0.39 is 0 Å². The van der Waals surface area contributed by atoms with E-state index in [-0.39, 0.29) is 0 Å². The van der Waals surface area contributed by atoms with Gasteiger partial charge in [-0.25, -0.2) is 0 Å². The van der Waals surface area contributed by atoms with Crippen molar-refractivity contribution in [2.75, 3.05) is 38.3 Å². The minimum Gasteiger partial charge on any atom is -0.497 e. The van der Waals surface area contributed by atoms with E-state index in [1.165, 1.54) is 42.5 Å². The van der Waals surface area contributed by atoms with E-state index in [0.29, 0.717) is 12.1 Å². The van der Waals surface area contributed by atoms with Gasteiger partial charge in [-0.15, -0.1) is 0 Å². The Morgan fingerprint density at radius 1 is 0.963 bits per heavy atom. The molecule has 4 nitrogen and oxygen atoms in total. The van der Waals surface area contributed by atoms with Crippen molar-refractivity contribution in [3.8, 4) is 16.9 Å². The van der Waals surface area contributed by atoms with Crippen molar-refractivity contribution < 1.29 is 9.47 Å². The topological polar surface area (TPSA) is 33.7 Å². The molecule has 4 heteroatoms. The van der Waals surface area contributed by atoms with Gasteiger partial charge in [0.25, 0.3) is 0 Å². The molecule has 0 unspecified atom stereocenters. The van der Waals surface area contributed by atoms with E-state index in [9.17, 15) is 0 Å². The van der Waals surface area contributed by atoms with Crippen LogP contribution in [0.3, 0.4) is 0 Å². The third-order valence-electron chi connectivity index (χ3n) is 5.74. The van der Waals surface area contributed by atoms with Crippen molar-refractivity contribution in [1.29, 1.82) is 0 Å². The van der Waals surface area contributed by atoms with Crippen LogP contribution in [0.2, 0.25) is 0 Å². The fraction of sp³-hybridized carbons (Fsp3) is 0.478. The van der Waals surface area contributed by atoms with Crippen molar-refractivity contribution >= 4 is 5.69 Å². The summed E-state index contributed by atoms with van der Waals surface area (Å²) in [5.41, 5.74) is 3.76. The summed E-state index contributed by atoms with van der Waals surface area (Å²) in [6.45, 7) is 4.02. The summed E-state index contributed by atoms with van der Waals surface area (Å²) in [5, 5.41) is 3.81. The molecule has 2 aliphatic heterocycles. The van der Waals surface area contributed by atoms with Crippen molar-refractivity contribution in [2.45, 2.75) is 37.8 Å². The largest absolute Gasteiger partial charge is 0.497 e. The maximum atomic E-state index is 5.60. The van der Waals surface area contributed by atoms with Crippen molar-refractivity contribution in [1.82, 2.24) is 5.32 Å². The lowest BCUT2D eigenvalue weighted by Crippen LogP contribution is -2.48. The average Bonchev–Trinajstić information content (AvgIpc) is 2.75. The zero-order chi connectivity index (χ0) is 18.5. The number of hydrogen-bond acceptors (Lipinski definition) is 4. The summed E-state index contributed by atoms with van der Waals surface area (Å²) in [5.74, 6) is 0.900. The maximum Gasteiger partial charge on any atom is 0.119 e. The predicted octanol–water partition coefficient (Wildman–Crippen LogP) is 4.10. The Morgan fingerprint density at radius 3 is 2.48 bits per heavy atom. The van der Waals surface area contributed by atoms with Gasteiger partial charge < -0.3 is 19.7 Å². The highest BCUT2D eigenvalue weighted by Crippen LogP contribution is 2.29. The van der Waals surface area contributed by atoms with Gasteiger partial charge in [0.1, 0.15) is 5.75 Å². The van der Waals surface area contributed by atoms with Crippen LogP contribution in [0.1, 0.15) is 25.7 Å². The molecule has 0 amide bonds. The number of anilines is 1. The fourth-order valence-electron chi connectivity index (χ4n) is 4.19. The Kier molecular flexibility index (Phi) is 5.95. The zero-order valence-corrected chi connectivity index (χ0v) is 16.2. The van der Waals surface area contributed by atoms with Gasteiger partial charge >= 0.3 is 0 Å². The van der Waals surface area contributed by atoms with Crippen LogP contribution in [0.5, 0.6) is 5.75 Å². The second kappa shape index (κ2) is 8.77. The first-order valence-electron chi connectivity index (χ1n) is 10.1. The summed E-state index contributed by atoms with van der Waals surface area (Å²) in [4.78, 5) is 2.51.